The van der Waals surface area contributed by atoms with Gasteiger partial charge in [-0.25, -0.2) is 0 Å². The Morgan fingerprint density at radius 3 is 2.88 bits per heavy atom. The summed E-state index contributed by atoms with van der Waals surface area (Å²) in [4.78, 5) is 0. The lowest BCUT2D eigenvalue weighted by Gasteiger charge is -2.13. The molecule has 8 nitrogen and oxygen atoms in total. The number of anilines is 1. The van der Waals surface area contributed by atoms with Gasteiger partial charge in [0.2, 0.25) is 11.8 Å². The summed E-state index contributed by atoms with van der Waals surface area (Å²) in [5.74, 6) is 3.72. The molecule has 1 fully saturated rings. The van der Waals surface area contributed by atoms with Crippen molar-refractivity contribution in [2.45, 2.75) is 52.0 Å². The number of aromatic nitrogens is 6. The van der Waals surface area contributed by atoms with Crippen LogP contribution in [0.1, 0.15) is 43.8 Å². The molecule has 3 aromatic rings. The lowest BCUT2D eigenvalue weighted by Crippen LogP contribution is -2.17. The number of nitrogens with zero attached hydrogens (tertiary/aromatic N) is 6. The molecule has 0 aliphatic heterocycles. The predicted octanol–water partition coefficient (Wildman–Crippen LogP) is 2.20. The molecule has 0 aromatic carbocycles. The lowest BCUT2D eigenvalue weighted by atomic mass is 10.0. The van der Waals surface area contributed by atoms with Crippen LogP contribution in [0.15, 0.2) is 16.5 Å². The van der Waals surface area contributed by atoms with Crippen LogP contribution in [0.4, 0.5) is 5.82 Å². The number of hydrogen-bond acceptors (Lipinski definition) is 7. The van der Waals surface area contributed by atoms with Gasteiger partial charge in [0, 0.05) is 18.9 Å². The van der Waals surface area contributed by atoms with Crippen LogP contribution in [0.25, 0.3) is 5.65 Å². The minimum Gasteiger partial charge on any atom is -0.425 e. The third-order valence-corrected chi connectivity index (χ3v) is 4.59. The lowest BCUT2D eigenvalue weighted by molar-refractivity contribution is 0.409. The quantitative estimate of drug-likeness (QED) is 0.767. The molecule has 0 amide bonds. The summed E-state index contributed by atoms with van der Waals surface area (Å²) in [7, 11) is 0. The summed E-state index contributed by atoms with van der Waals surface area (Å²) in [6.07, 6.45) is 5.03. The molecule has 1 saturated carbocycles. The highest BCUT2D eigenvalue weighted by atomic mass is 16.4. The molecular formula is C16H21N7O. The molecule has 3 aromatic heterocycles. The zero-order valence-corrected chi connectivity index (χ0v) is 13.9. The van der Waals surface area contributed by atoms with Gasteiger partial charge in [0.15, 0.2) is 11.5 Å². The maximum absolute atomic E-state index is 5.63. The minimum atomic E-state index is 0.422. The fourth-order valence-corrected chi connectivity index (χ4v) is 3.33. The summed E-state index contributed by atoms with van der Waals surface area (Å²) in [5, 5.41) is 24.4. The van der Waals surface area contributed by atoms with Crippen molar-refractivity contribution in [3.63, 3.8) is 0 Å². The van der Waals surface area contributed by atoms with Crippen LogP contribution >= 0.6 is 0 Å². The van der Waals surface area contributed by atoms with Crippen molar-refractivity contribution in [2.24, 2.45) is 5.92 Å². The monoisotopic (exact) mass is 327 g/mol. The van der Waals surface area contributed by atoms with E-state index in [4.69, 9.17) is 4.42 Å². The standard InChI is InChI=1S/C16H21N7O/c1-3-15-20-21-16(24-15)9-11-4-5-12(8-11)17-13-6-7-14-19-18-10(2)23(14)22-13/h6-7,11-12H,3-5,8-9H2,1-2H3,(H,17,22)/t11-,12+/m1/s1. The van der Waals surface area contributed by atoms with Crippen molar-refractivity contribution in [1.82, 2.24) is 30.0 Å². The second-order valence-electron chi connectivity index (χ2n) is 6.40. The molecule has 1 aliphatic rings. The molecule has 0 radical (unpaired) electrons. The Morgan fingerprint density at radius 2 is 2.04 bits per heavy atom. The van der Waals surface area contributed by atoms with Crippen LogP contribution in [0.2, 0.25) is 0 Å². The van der Waals surface area contributed by atoms with Crippen molar-refractivity contribution in [2.75, 3.05) is 5.32 Å². The van der Waals surface area contributed by atoms with Crippen molar-refractivity contribution in [3.05, 3.63) is 29.7 Å². The van der Waals surface area contributed by atoms with E-state index in [1.54, 1.807) is 4.52 Å². The average molecular weight is 327 g/mol. The molecule has 24 heavy (non-hydrogen) atoms. The summed E-state index contributed by atoms with van der Waals surface area (Å²) in [6.45, 7) is 3.92. The molecule has 0 spiro atoms. The number of nitrogens with one attached hydrogen (secondary N) is 1. The number of hydrogen-bond donors (Lipinski definition) is 1. The Morgan fingerprint density at radius 1 is 1.17 bits per heavy atom. The highest BCUT2D eigenvalue weighted by Gasteiger charge is 2.26. The predicted molar refractivity (Wildman–Crippen MR) is 87.7 cm³/mol. The summed E-state index contributed by atoms with van der Waals surface area (Å²) in [5.41, 5.74) is 0.769. The second-order valence-corrected chi connectivity index (χ2v) is 6.40. The zero-order valence-electron chi connectivity index (χ0n) is 13.9. The van der Waals surface area contributed by atoms with Crippen LogP contribution in [0.5, 0.6) is 0 Å². The fourth-order valence-electron chi connectivity index (χ4n) is 3.33. The molecule has 126 valence electrons. The Labute approximate surface area is 139 Å². The first-order valence-electron chi connectivity index (χ1n) is 8.48. The molecule has 1 N–H and O–H groups in total. The van der Waals surface area contributed by atoms with E-state index in [-0.39, 0.29) is 0 Å². The Balaban J connectivity index is 1.38. The Hall–Kier alpha value is -2.51. The molecule has 0 bridgehead atoms. The van der Waals surface area contributed by atoms with Crippen LogP contribution in [0, 0.1) is 12.8 Å². The van der Waals surface area contributed by atoms with E-state index in [1.807, 2.05) is 26.0 Å². The zero-order chi connectivity index (χ0) is 16.5. The van der Waals surface area contributed by atoms with Gasteiger partial charge in [-0.15, -0.1) is 25.5 Å². The van der Waals surface area contributed by atoms with Gasteiger partial charge in [0.1, 0.15) is 5.82 Å². The van der Waals surface area contributed by atoms with E-state index in [2.05, 4.69) is 30.8 Å². The van der Waals surface area contributed by atoms with Gasteiger partial charge in [-0.2, -0.15) is 4.52 Å². The highest BCUT2D eigenvalue weighted by Crippen LogP contribution is 2.30. The number of aryl methyl sites for hydroxylation is 2. The van der Waals surface area contributed by atoms with Crippen LogP contribution in [0.3, 0.4) is 0 Å². The van der Waals surface area contributed by atoms with E-state index in [0.717, 1.165) is 61.2 Å². The van der Waals surface area contributed by atoms with Crippen molar-refractivity contribution in [1.29, 1.82) is 0 Å². The van der Waals surface area contributed by atoms with Crippen LogP contribution in [-0.4, -0.2) is 36.1 Å². The third-order valence-electron chi connectivity index (χ3n) is 4.59. The first-order chi connectivity index (χ1) is 11.7. The average Bonchev–Trinajstić information content (AvgIpc) is 3.30. The number of fused-ring (bicyclic) bond motifs is 1. The van der Waals surface area contributed by atoms with E-state index in [1.165, 1.54) is 0 Å². The molecule has 4 rings (SSSR count). The Bertz CT molecular complexity index is 840. The van der Waals surface area contributed by atoms with E-state index < -0.39 is 0 Å². The van der Waals surface area contributed by atoms with Gasteiger partial charge in [0.05, 0.1) is 0 Å². The van der Waals surface area contributed by atoms with Gasteiger partial charge < -0.3 is 9.73 Å². The molecule has 8 heteroatoms. The van der Waals surface area contributed by atoms with Gasteiger partial charge in [-0.3, -0.25) is 0 Å². The molecule has 2 atom stereocenters. The molecule has 0 unspecified atom stereocenters. The smallest absolute Gasteiger partial charge is 0.216 e. The third kappa shape index (κ3) is 2.95. The van der Waals surface area contributed by atoms with Crippen LogP contribution in [-0.2, 0) is 12.8 Å². The van der Waals surface area contributed by atoms with Crippen molar-refractivity contribution >= 4 is 11.5 Å². The topological polar surface area (TPSA) is 94.0 Å². The summed E-state index contributed by atoms with van der Waals surface area (Å²) >= 11 is 0. The van der Waals surface area contributed by atoms with E-state index in [9.17, 15) is 0 Å². The van der Waals surface area contributed by atoms with Crippen molar-refractivity contribution < 1.29 is 4.42 Å². The number of rotatable bonds is 5. The molecule has 0 saturated heterocycles. The van der Waals surface area contributed by atoms with E-state index in [0.29, 0.717) is 12.0 Å². The van der Waals surface area contributed by atoms with Crippen LogP contribution < -0.4 is 5.32 Å². The molecular weight excluding hydrogens is 306 g/mol. The first kappa shape index (κ1) is 15.0. The van der Waals surface area contributed by atoms with Crippen molar-refractivity contribution in [3.8, 4) is 0 Å². The summed E-state index contributed by atoms with van der Waals surface area (Å²) in [6, 6.07) is 4.32. The van der Waals surface area contributed by atoms with Gasteiger partial charge in [0.25, 0.3) is 0 Å². The maximum Gasteiger partial charge on any atom is 0.216 e. The maximum atomic E-state index is 5.63. The fraction of sp³-hybridized carbons (Fsp3) is 0.562. The highest BCUT2D eigenvalue weighted by molar-refractivity contribution is 5.44. The molecule has 3 heterocycles. The minimum absolute atomic E-state index is 0.422. The normalized spacial score (nSPS) is 20.8. The van der Waals surface area contributed by atoms with E-state index >= 15 is 0 Å². The van der Waals surface area contributed by atoms with Gasteiger partial charge in [-0.05, 0) is 44.2 Å². The van der Waals surface area contributed by atoms with Gasteiger partial charge in [-0.1, -0.05) is 6.92 Å². The second kappa shape index (κ2) is 6.18. The SMILES string of the molecule is CCc1nnc(C[C@@H]2CC[C@H](Nc3ccc4nnc(C)n4n3)C2)o1. The first-order valence-corrected chi connectivity index (χ1v) is 8.48. The molecule has 1 aliphatic carbocycles. The van der Waals surface area contributed by atoms with Gasteiger partial charge >= 0.3 is 0 Å². The largest absolute Gasteiger partial charge is 0.425 e. The Kier molecular flexibility index (Phi) is 3.87. The summed E-state index contributed by atoms with van der Waals surface area (Å²) < 4.78 is 7.39.